The molecule has 0 aliphatic carbocycles. The van der Waals surface area contributed by atoms with Gasteiger partial charge in [-0.25, -0.2) is 0 Å². The first-order chi connectivity index (χ1) is 7.41. The molecule has 0 aliphatic heterocycles. The van der Waals surface area contributed by atoms with Crippen LogP contribution in [0.4, 0.5) is 0 Å². The fourth-order valence-electron chi connectivity index (χ4n) is 1.09. The van der Waals surface area contributed by atoms with E-state index in [4.69, 9.17) is 11.6 Å². The lowest BCUT2D eigenvalue weighted by Gasteiger charge is -2.17. The summed E-state index contributed by atoms with van der Waals surface area (Å²) in [6, 6.07) is 5.46. The molecule has 0 bridgehead atoms. The standard InChI is InChI=1S/C12H15ClINO/c1-7(2)8(3)15-12(16)9-4-5-10(13)11(14)6-9/h4-8H,1-3H3,(H,15,16). The second-order valence-electron chi connectivity index (χ2n) is 4.14. The Morgan fingerprint density at radius 1 is 1.38 bits per heavy atom. The van der Waals surface area contributed by atoms with Gasteiger partial charge in [0, 0.05) is 15.2 Å². The van der Waals surface area contributed by atoms with Gasteiger partial charge in [0.05, 0.1) is 5.02 Å². The van der Waals surface area contributed by atoms with Crippen molar-refractivity contribution >= 4 is 40.1 Å². The minimum atomic E-state index is -0.0456. The minimum absolute atomic E-state index is 0.0456. The molecular weight excluding hydrogens is 336 g/mol. The number of hydrogen-bond donors (Lipinski definition) is 1. The van der Waals surface area contributed by atoms with Gasteiger partial charge < -0.3 is 5.32 Å². The normalized spacial score (nSPS) is 12.6. The van der Waals surface area contributed by atoms with Crippen LogP contribution in [0.25, 0.3) is 0 Å². The van der Waals surface area contributed by atoms with E-state index in [9.17, 15) is 4.79 Å². The van der Waals surface area contributed by atoms with Crippen LogP contribution in [0.2, 0.25) is 5.02 Å². The van der Waals surface area contributed by atoms with Crippen LogP contribution in [0.3, 0.4) is 0 Å². The van der Waals surface area contributed by atoms with E-state index < -0.39 is 0 Å². The lowest BCUT2D eigenvalue weighted by Crippen LogP contribution is -2.36. The van der Waals surface area contributed by atoms with E-state index in [0.29, 0.717) is 16.5 Å². The Hall–Kier alpha value is -0.290. The van der Waals surface area contributed by atoms with Crippen molar-refractivity contribution in [2.75, 3.05) is 0 Å². The van der Waals surface area contributed by atoms with E-state index in [2.05, 4.69) is 41.8 Å². The third-order valence-corrected chi connectivity index (χ3v) is 4.08. The Balaban J connectivity index is 2.77. The third kappa shape index (κ3) is 3.63. The highest BCUT2D eigenvalue weighted by Crippen LogP contribution is 2.19. The second-order valence-corrected chi connectivity index (χ2v) is 5.70. The molecule has 2 nitrogen and oxygen atoms in total. The molecule has 0 fully saturated rings. The van der Waals surface area contributed by atoms with E-state index in [1.165, 1.54) is 0 Å². The van der Waals surface area contributed by atoms with Crippen LogP contribution in [0.5, 0.6) is 0 Å². The van der Waals surface area contributed by atoms with E-state index in [0.717, 1.165) is 3.57 Å². The van der Waals surface area contributed by atoms with Gasteiger partial charge in [0.25, 0.3) is 5.91 Å². The largest absolute Gasteiger partial charge is 0.349 e. The molecular formula is C12H15ClINO. The average Bonchev–Trinajstić information content (AvgIpc) is 2.21. The zero-order valence-corrected chi connectivity index (χ0v) is 12.5. The van der Waals surface area contributed by atoms with Gasteiger partial charge in [-0.1, -0.05) is 25.4 Å². The molecule has 1 aromatic rings. The molecule has 0 heterocycles. The molecule has 0 aliphatic rings. The van der Waals surface area contributed by atoms with E-state index in [1.54, 1.807) is 18.2 Å². The Bertz CT molecular complexity index is 393. The average molecular weight is 352 g/mol. The predicted octanol–water partition coefficient (Wildman–Crippen LogP) is 3.72. The van der Waals surface area contributed by atoms with E-state index in [1.807, 2.05) is 6.92 Å². The number of benzene rings is 1. The number of amides is 1. The molecule has 16 heavy (non-hydrogen) atoms. The molecule has 0 saturated heterocycles. The molecule has 1 aromatic carbocycles. The molecule has 1 rings (SSSR count). The third-order valence-electron chi connectivity index (χ3n) is 2.54. The number of carbonyl (C=O) groups is 1. The van der Waals surface area contributed by atoms with Crippen LogP contribution in [0.15, 0.2) is 18.2 Å². The molecule has 1 N–H and O–H groups in total. The van der Waals surface area contributed by atoms with Crippen LogP contribution in [-0.4, -0.2) is 11.9 Å². The maximum absolute atomic E-state index is 11.9. The number of rotatable bonds is 3. The summed E-state index contributed by atoms with van der Waals surface area (Å²) in [5.41, 5.74) is 0.654. The Morgan fingerprint density at radius 2 is 2.00 bits per heavy atom. The topological polar surface area (TPSA) is 29.1 Å². The fourth-order valence-corrected chi connectivity index (χ4v) is 1.73. The quantitative estimate of drug-likeness (QED) is 0.826. The van der Waals surface area contributed by atoms with Crippen molar-refractivity contribution in [3.05, 3.63) is 32.4 Å². The van der Waals surface area contributed by atoms with Gasteiger partial charge >= 0.3 is 0 Å². The smallest absolute Gasteiger partial charge is 0.251 e. The van der Waals surface area contributed by atoms with Crippen molar-refractivity contribution in [2.45, 2.75) is 26.8 Å². The summed E-state index contributed by atoms with van der Waals surface area (Å²) in [5.74, 6) is 0.381. The lowest BCUT2D eigenvalue weighted by molar-refractivity contribution is 0.0930. The number of halogens is 2. The summed E-state index contributed by atoms with van der Waals surface area (Å²) in [7, 11) is 0. The highest BCUT2D eigenvalue weighted by molar-refractivity contribution is 14.1. The Kier molecular flexibility index (Phi) is 5.05. The monoisotopic (exact) mass is 351 g/mol. The van der Waals surface area contributed by atoms with Crippen molar-refractivity contribution in [3.63, 3.8) is 0 Å². The molecule has 1 atom stereocenters. The van der Waals surface area contributed by atoms with Crippen molar-refractivity contribution < 1.29 is 4.79 Å². The lowest BCUT2D eigenvalue weighted by atomic mass is 10.1. The van der Waals surface area contributed by atoms with Crippen LogP contribution < -0.4 is 5.32 Å². The zero-order chi connectivity index (χ0) is 12.3. The molecule has 0 saturated carbocycles. The molecule has 0 radical (unpaired) electrons. The summed E-state index contributed by atoms with van der Waals surface area (Å²) in [5, 5.41) is 3.63. The van der Waals surface area contributed by atoms with E-state index in [-0.39, 0.29) is 11.9 Å². The fraction of sp³-hybridized carbons (Fsp3) is 0.417. The van der Waals surface area contributed by atoms with Gasteiger partial charge in [0.2, 0.25) is 0 Å². The maximum Gasteiger partial charge on any atom is 0.251 e. The first-order valence-electron chi connectivity index (χ1n) is 5.17. The zero-order valence-electron chi connectivity index (χ0n) is 9.55. The Morgan fingerprint density at radius 3 is 2.50 bits per heavy atom. The highest BCUT2D eigenvalue weighted by Gasteiger charge is 2.13. The Labute approximate surface area is 115 Å². The minimum Gasteiger partial charge on any atom is -0.349 e. The first-order valence-corrected chi connectivity index (χ1v) is 6.63. The van der Waals surface area contributed by atoms with Gasteiger partial charge in [0.15, 0.2) is 0 Å². The molecule has 0 aromatic heterocycles. The van der Waals surface area contributed by atoms with Gasteiger partial charge in [-0.2, -0.15) is 0 Å². The van der Waals surface area contributed by atoms with Crippen molar-refractivity contribution in [1.82, 2.24) is 5.32 Å². The van der Waals surface area contributed by atoms with Gasteiger partial charge in [-0.05, 0) is 53.6 Å². The van der Waals surface area contributed by atoms with Crippen molar-refractivity contribution in [1.29, 1.82) is 0 Å². The summed E-state index contributed by atoms with van der Waals surface area (Å²) in [6.45, 7) is 6.16. The van der Waals surface area contributed by atoms with Gasteiger partial charge in [0.1, 0.15) is 0 Å². The van der Waals surface area contributed by atoms with Crippen LogP contribution in [-0.2, 0) is 0 Å². The van der Waals surface area contributed by atoms with Crippen LogP contribution in [0, 0.1) is 9.49 Å². The summed E-state index contributed by atoms with van der Waals surface area (Å²) < 4.78 is 0.893. The molecule has 88 valence electrons. The predicted molar refractivity (Wildman–Crippen MR) is 75.9 cm³/mol. The van der Waals surface area contributed by atoms with Crippen LogP contribution in [0.1, 0.15) is 31.1 Å². The number of carbonyl (C=O) groups excluding carboxylic acids is 1. The number of nitrogens with one attached hydrogen (secondary N) is 1. The summed E-state index contributed by atoms with van der Waals surface area (Å²) in [6.07, 6.45) is 0. The van der Waals surface area contributed by atoms with Crippen molar-refractivity contribution in [3.8, 4) is 0 Å². The first kappa shape index (κ1) is 13.8. The number of hydrogen-bond acceptors (Lipinski definition) is 1. The van der Waals surface area contributed by atoms with Gasteiger partial charge in [-0.3, -0.25) is 4.79 Å². The van der Waals surface area contributed by atoms with Gasteiger partial charge in [-0.15, -0.1) is 0 Å². The molecule has 1 unspecified atom stereocenters. The van der Waals surface area contributed by atoms with Crippen molar-refractivity contribution in [2.24, 2.45) is 5.92 Å². The van der Waals surface area contributed by atoms with Crippen LogP contribution >= 0.6 is 34.2 Å². The SMILES string of the molecule is CC(C)C(C)NC(=O)c1ccc(Cl)c(I)c1. The molecule has 4 heteroatoms. The second kappa shape index (κ2) is 5.87. The van der Waals surface area contributed by atoms with E-state index >= 15 is 0 Å². The molecule has 1 amide bonds. The molecule has 0 spiro atoms. The maximum atomic E-state index is 11.9. The highest BCUT2D eigenvalue weighted by atomic mass is 127. The summed E-state index contributed by atoms with van der Waals surface area (Å²) >= 11 is 8.02. The summed E-state index contributed by atoms with van der Waals surface area (Å²) in [4.78, 5) is 11.9.